The summed E-state index contributed by atoms with van der Waals surface area (Å²) in [5.41, 5.74) is -0.176. The van der Waals surface area contributed by atoms with Crippen LogP contribution in [0.25, 0.3) is 0 Å². The zero-order chi connectivity index (χ0) is 12.4. The van der Waals surface area contributed by atoms with E-state index in [1.54, 1.807) is 12.3 Å². The highest BCUT2D eigenvalue weighted by molar-refractivity contribution is 7.15. The first-order chi connectivity index (χ1) is 8.06. The Balaban J connectivity index is 2.28. The maximum Gasteiger partial charge on any atom is 0.356 e. The highest BCUT2D eigenvalue weighted by Crippen LogP contribution is 2.23. The number of nitrogens with zero attached hydrogens (tertiary/aromatic N) is 2. The number of carboxylic acid groups (broad SMARTS) is 1. The summed E-state index contributed by atoms with van der Waals surface area (Å²) in [6.45, 7) is 1.93. The molecule has 0 bridgehead atoms. The van der Waals surface area contributed by atoms with Crippen LogP contribution < -0.4 is 5.32 Å². The van der Waals surface area contributed by atoms with E-state index in [1.807, 2.05) is 6.92 Å². The number of carbonyl (C=O) groups is 1. The zero-order valence-corrected chi connectivity index (χ0v) is 10.3. The Kier molecular flexibility index (Phi) is 3.26. The lowest BCUT2D eigenvalue weighted by Gasteiger charge is -2.03. The SMILES string of the molecule is Cc1cnc(Nc2ccc(Cl)c(C(=O)O)n2)s1. The number of aryl methyl sites for hydroxylation is 1. The van der Waals surface area contributed by atoms with Gasteiger partial charge in [-0.1, -0.05) is 11.6 Å². The van der Waals surface area contributed by atoms with Crippen molar-refractivity contribution < 1.29 is 9.90 Å². The minimum atomic E-state index is -1.16. The van der Waals surface area contributed by atoms with Crippen molar-refractivity contribution in [2.24, 2.45) is 0 Å². The summed E-state index contributed by atoms with van der Waals surface area (Å²) in [5, 5.41) is 12.6. The lowest BCUT2D eigenvalue weighted by atomic mass is 10.3. The molecule has 0 unspecified atom stereocenters. The van der Waals surface area contributed by atoms with Gasteiger partial charge in [0.1, 0.15) is 5.82 Å². The van der Waals surface area contributed by atoms with Crippen LogP contribution in [0.1, 0.15) is 15.4 Å². The molecule has 2 heterocycles. The molecule has 0 saturated carbocycles. The average molecular weight is 270 g/mol. The van der Waals surface area contributed by atoms with E-state index in [-0.39, 0.29) is 10.7 Å². The predicted octanol–water partition coefficient (Wildman–Crippen LogP) is 2.94. The summed E-state index contributed by atoms with van der Waals surface area (Å²) in [6.07, 6.45) is 1.72. The van der Waals surface area contributed by atoms with Crippen molar-refractivity contribution >= 4 is 39.9 Å². The lowest BCUT2D eigenvalue weighted by Crippen LogP contribution is -2.03. The molecule has 0 aromatic carbocycles. The molecule has 0 atom stereocenters. The van der Waals surface area contributed by atoms with Gasteiger partial charge in [-0.3, -0.25) is 0 Å². The molecule has 17 heavy (non-hydrogen) atoms. The largest absolute Gasteiger partial charge is 0.476 e. The van der Waals surface area contributed by atoms with Gasteiger partial charge in [-0.05, 0) is 19.1 Å². The fraction of sp³-hybridized carbons (Fsp3) is 0.100. The molecule has 0 aliphatic heterocycles. The van der Waals surface area contributed by atoms with Crippen LogP contribution in [0.15, 0.2) is 18.3 Å². The highest BCUT2D eigenvalue weighted by Gasteiger charge is 2.11. The van der Waals surface area contributed by atoms with Crippen LogP contribution in [0.2, 0.25) is 5.02 Å². The van der Waals surface area contributed by atoms with E-state index in [0.29, 0.717) is 10.9 Å². The summed E-state index contributed by atoms with van der Waals surface area (Å²) in [5.74, 6) is -0.755. The maximum atomic E-state index is 10.8. The summed E-state index contributed by atoms with van der Waals surface area (Å²) < 4.78 is 0. The molecule has 7 heteroatoms. The second-order valence-electron chi connectivity index (χ2n) is 3.23. The standard InChI is InChI=1S/C10H8ClN3O2S/c1-5-4-12-10(17-5)14-7-3-2-6(11)8(13-7)9(15)16/h2-4H,1H3,(H,15,16)(H,12,13,14). The lowest BCUT2D eigenvalue weighted by molar-refractivity contribution is 0.0691. The number of anilines is 2. The number of pyridine rings is 1. The number of rotatable bonds is 3. The smallest absolute Gasteiger partial charge is 0.356 e. The second-order valence-corrected chi connectivity index (χ2v) is 4.88. The number of hydrogen-bond donors (Lipinski definition) is 2. The molecule has 0 aliphatic carbocycles. The Hall–Kier alpha value is -1.66. The summed E-state index contributed by atoms with van der Waals surface area (Å²) in [4.78, 5) is 19.9. The molecule has 2 aromatic heterocycles. The Morgan fingerprint density at radius 2 is 2.29 bits per heavy atom. The molecule has 5 nitrogen and oxygen atoms in total. The zero-order valence-electron chi connectivity index (χ0n) is 8.77. The van der Waals surface area contributed by atoms with Gasteiger partial charge in [0.25, 0.3) is 0 Å². The quantitative estimate of drug-likeness (QED) is 0.896. The van der Waals surface area contributed by atoms with Gasteiger partial charge in [0.2, 0.25) is 0 Å². The van der Waals surface area contributed by atoms with Gasteiger partial charge in [0.05, 0.1) is 5.02 Å². The number of carboxylic acids is 1. The van der Waals surface area contributed by atoms with E-state index in [2.05, 4.69) is 15.3 Å². The van der Waals surface area contributed by atoms with Gasteiger partial charge in [0, 0.05) is 11.1 Å². The Morgan fingerprint density at radius 1 is 1.53 bits per heavy atom. The topological polar surface area (TPSA) is 75.1 Å². The number of thiazole rings is 1. The third-order valence-corrected chi connectivity index (χ3v) is 3.04. The van der Waals surface area contributed by atoms with E-state index in [9.17, 15) is 4.79 Å². The van der Waals surface area contributed by atoms with Crippen molar-refractivity contribution in [3.8, 4) is 0 Å². The van der Waals surface area contributed by atoms with Gasteiger partial charge in [0.15, 0.2) is 10.8 Å². The number of aromatic carboxylic acids is 1. The molecule has 0 spiro atoms. The fourth-order valence-electron chi connectivity index (χ4n) is 1.18. The van der Waals surface area contributed by atoms with Gasteiger partial charge >= 0.3 is 5.97 Å². The number of halogens is 1. The third-order valence-electron chi connectivity index (χ3n) is 1.90. The highest BCUT2D eigenvalue weighted by atomic mass is 35.5. The third kappa shape index (κ3) is 2.72. The van der Waals surface area contributed by atoms with Gasteiger partial charge in [-0.2, -0.15) is 0 Å². The number of aromatic nitrogens is 2. The van der Waals surface area contributed by atoms with Crippen LogP contribution in [0, 0.1) is 6.92 Å². The van der Waals surface area contributed by atoms with E-state index in [0.717, 1.165) is 4.88 Å². The first-order valence-electron chi connectivity index (χ1n) is 4.65. The molecule has 2 N–H and O–H groups in total. The summed E-state index contributed by atoms with van der Waals surface area (Å²) in [7, 11) is 0. The van der Waals surface area contributed by atoms with Gasteiger partial charge < -0.3 is 10.4 Å². The van der Waals surface area contributed by atoms with E-state index < -0.39 is 5.97 Å². The normalized spacial score (nSPS) is 10.2. The minimum Gasteiger partial charge on any atom is -0.476 e. The molecular weight excluding hydrogens is 262 g/mol. The van der Waals surface area contributed by atoms with Crippen LogP contribution in [-0.2, 0) is 0 Å². The van der Waals surface area contributed by atoms with Gasteiger partial charge in [-0.25, -0.2) is 14.8 Å². The van der Waals surface area contributed by atoms with E-state index in [1.165, 1.54) is 17.4 Å². The van der Waals surface area contributed by atoms with Gasteiger partial charge in [-0.15, -0.1) is 11.3 Å². The van der Waals surface area contributed by atoms with Crippen LogP contribution in [0.4, 0.5) is 10.9 Å². The maximum absolute atomic E-state index is 10.8. The number of hydrogen-bond acceptors (Lipinski definition) is 5. The molecule has 0 saturated heterocycles. The van der Waals surface area contributed by atoms with Crippen molar-refractivity contribution in [2.75, 3.05) is 5.32 Å². The van der Waals surface area contributed by atoms with Crippen LogP contribution >= 0.6 is 22.9 Å². The van der Waals surface area contributed by atoms with E-state index >= 15 is 0 Å². The predicted molar refractivity (Wildman–Crippen MR) is 66.3 cm³/mol. The van der Waals surface area contributed by atoms with Crippen LogP contribution in [0.5, 0.6) is 0 Å². The molecule has 0 aliphatic rings. The first-order valence-corrected chi connectivity index (χ1v) is 5.85. The monoisotopic (exact) mass is 269 g/mol. The molecule has 2 rings (SSSR count). The Morgan fingerprint density at radius 3 is 2.88 bits per heavy atom. The van der Waals surface area contributed by atoms with E-state index in [4.69, 9.17) is 16.7 Å². The Labute approximate surface area is 106 Å². The van der Waals surface area contributed by atoms with Crippen molar-refractivity contribution in [1.29, 1.82) is 0 Å². The van der Waals surface area contributed by atoms with Crippen molar-refractivity contribution in [3.05, 3.63) is 33.9 Å². The molecule has 88 valence electrons. The van der Waals surface area contributed by atoms with Crippen LogP contribution in [0.3, 0.4) is 0 Å². The molecule has 2 aromatic rings. The fourth-order valence-corrected chi connectivity index (χ4v) is 2.04. The molecule has 0 radical (unpaired) electrons. The second kappa shape index (κ2) is 4.68. The molecule has 0 amide bonds. The van der Waals surface area contributed by atoms with Crippen molar-refractivity contribution in [3.63, 3.8) is 0 Å². The summed E-state index contributed by atoms with van der Waals surface area (Å²) in [6, 6.07) is 3.09. The van der Waals surface area contributed by atoms with Crippen LogP contribution in [-0.4, -0.2) is 21.0 Å². The molecular formula is C10H8ClN3O2S. The Bertz CT molecular complexity index is 570. The van der Waals surface area contributed by atoms with Crippen molar-refractivity contribution in [2.45, 2.75) is 6.92 Å². The first kappa shape index (κ1) is 11.8. The summed E-state index contributed by atoms with van der Waals surface area (Å²) >= 11 is 7.17. The number of nitrogens with one attached hydrogen (secondary N) is 1. The van der Waals surface area contributed by atoms with Crippen molar-refractivity contribution in [1.82, 2.24) is 9.97 Å². The molecule has 0 fully saturated rings. The minimum absolute atomic E-state index is 0.110. The average Bonchev–Trinajstić information content (AvgIpc) is 2.66.